The first-order valence-corrected chi connectivity index (χ1v) is 9.28. The van der Waals surface area contributed by atoms with E-state index in [1.54, 1.807) is 17.8 Å². The SMILES string of the molecule is CCNC(=NCC(C)(O)c1cnn(C)c1)NCC1(N(C)C)CCOCC1. The van der Waals surface area contributed by atoms with Crippen LogP contribution in [0.25, 0.3) is 0 Å². The Morgan fingerprint density at radius 1 is 1.42 bits per heavy atom. The summed E-state index contributed by atoms with van der Waals surface area (Å²) in [5.74, 6) is 0.712. The molecule has 1 aliphatic heterocycles. The molecule has 1 saturated heterocycles. The van der Waals surface area contributed by atoms with Gasteiger partial charge in [0.25, 0.3) is 0 Å². The summed E-state index contributed by atoms with van der Waals surface area (Å²) in [6.07, 6.45) is 5.47. The fourth-order valence-corrected chi connectivity index (χ4v) is 3.15. The van der Waals surface area contributed by atoms with Crippen LogP contribution in [-0.2, 0) is 17.4 Å². The minimum atomic E-state index is -1.06. The molecule has 1 unspecified atom stereocenters. The molecule has 8 heteroatoms. The first-order valence-electron chi connectivity index (χ1n) is 9.28. The first kappa shape index (κ1) is 20.7. The van der Waals surface area contributed by atoms with Crippen molar-refractivity contribution in [2.45, 2.75) is 37.8 Å². The topological polar surface area (TPSA) is 86.9 Å². The molecule has 0 radical (unpaired) electrons. The second kappa shape index (κ2) is 8.83. The molecule has 2 heterocycles. The van der Waals surface area contributed by atoms with Crippen LogP contribution in [0.15, 0.2) is 17.4 Å². The highest BCUT2D eigenvalue weighted by Gasteiger charge is 2.35. The highest BCUT2D eigenvalue weighted by atomic mass is 16.5. The summed E-state index contributed by atoms with van der Waals surface area (Å²) in [6.45, 7) is 7.16. The molecule has 2 rings (SSSR count). The fourth-order valence-electron chi connectivity index (χ4n) is 3.15. The van der Waals surface area contributed by atoms with Gasteiger partial charge in [-0.15, -0.1) is 0 Å². The summed E-state index contributed by atoms with van der Waals surface area (Å²) in [6, 6.07) is 0. The van der Waals surface area contributed by atoms with Gasteiger partial charge in [0.2, 0.25) is 0 Å². The average Bonchev–Trinajstić information content (AvgIpc) is 3.05. The van der Waals surface area contributed by atoms with Crippen LogP contribution in [0.4, 0.5) is 0 Å². The van der Waals surface area contributed by atoms with E-state index in [1.165, 1.54) is 0 Å². The third-order valence-corrected chi connectivity index (χ3v) is 5.17. The summed E-state index contributed by atoms with van der Waals surface area (Å²) in [5.41, 5.74) is -0.247. The van der Waals surface area contributed by atoms with E-state index in [-0.39, 0.29) is 12.1 Å². The third-order valence-electron chi connectivity index (χ3n) is 5.17. The van der Waals surface area contributed by atoms with Gasteiger partial charge >= 0.3 is 0 Å². The van der Waals surface area contributed by atoms with Gasteiger partial charge in [0.05, 0.1) is 12.7 Å². The minimum absolute atomic E-state index is 0.0559. The van der Waals surface area contributed by atoms with Crippen LogP contribution in [0, 0.1) is 0 Å². The highest BCUT2D eigenvalue weighted by Crippen LogP contribution is 2.25. The smallest absolute Gasteiger partial charge is 0.191 e. The van der Waals surface area contributed by atoms with Gasteiger partial charge in [-0.2, -0.15) is 5.10 Å². The van der Waals surface area contributed by atoms with Crippen molar-refractivity contribution < 1.29 is 9.84 Å². The Kier molecular flexibility index (Phi) is 7.02. The minimum Gasteiger partial charge on any atom is -0.383 e. The number of guanidine groups is 1. The van der Waals surface area contributed by atoms with Crippen LogP contribution in [-0.4, -0.2) is 78.2 Å². The van der Waals surface area contributed by atoms with E-state index < -0.39 is 5.60 Å². The lowest BCUT2D eigenvalue weighted by Gasteiger charge is -2.43. The molecule has 1 fully saturated rings. The number of aryl methyl sites for hydroxylation is 1. The molecule has 0 spiro atoms. The lowest BCUT2D eigenvalue weighted by molar-refractivity contribution is -0.00503. The maximum absolute atomic E-state index is 10.7. The van der Waals surface area contributed by atoms with Gasteiger partial charge in [0.15, 0.2) is 5.96 Å². The molecule has 1 aromatic heterocycles. The van der Waals surface area contributed by atoms with Crippen LogP contribution < -0.4 is 10.6 Å². The normalized spacial score (nSPS) is 20.0. The molecule has 3 N–H and O–H groups in total. The van der Waals surface area contributed by atoms with E-state index >= 15 is 0 Å². The third kappa shape index (κ3) is 5.18. The molecule has 0 saturated carbocycles. The van der Waals surface area contributed by atoms with Crippen molar-refractivity contribution >= 4 is 5.96 Å². The summed E-state index contributed by atoms with van der Waals surface area (Å²) in [7, 11) is 6.07. The second-order valence-corrected chi connectivity index (χ2v) is 7.46. The number of aliphatic hydroxyl groups is 1. The van der Waals surface area contributed by atoms with E-state index in [9.17, 15) is 5.11 Å². The fraction of sp³-hybridized carbons (Fsp3) is 0.778. The number of ether oxygens (including phenoxy) is 1. The molecule has 1 aliphatic rings. The number of nitrogens with zero attached hydrogens (tertiary/aromatic N) is 4. The van der Waals surface area contributed by atoms with Gasteiger partial charge in [-0.3, -0.25) is 4.68 Å². The predicted octanol–water partition coefficient (Wildman–Crippen LogP) is 0.294. The van der Waals surface area contributed by atoms with Crippen molar-refractivity contribution in [2.24, 2.45) is 12.0 Å². The van der Waals surface area contributed by atoms with Crippen LogP contribution in [0.2, 0.25) is 0 Å². The number of aromatic nitrogens is 2. The van der Waals surface area contributed by atoms with Crippen molar-refractivity contribution in [3.05, 3.63) is 18.0 Å². The van der Waals surface area contributed by atoms with E-state index in [0.717, 1.165) is 44.7 Å². The number of nitrogens with one attached hydrogen (secondary N) is 2. The van der Waals surface area contributed by atoms with Crippen molar-refractivity contribution in [1.82, 2.24) is 25.3 Å². The van der Waals surface area contributed by atoms with Gasteiger partial charge in [-0.1, -0.05) is 0 Å². The van der Waals surface area contributed by atoms with Crippen LogP contribution in [0.3, 0.4) is 0 Å². The first-order chi connectivity index (χ1) is 12.3. The number of rotatable bonds is 7. The zero-order valence-corrected chi connectivity index (χ0v) is 16.7. The Bertz CT molecular complexity index is 590. The van der Waals surface area contributed by atoms with E-state index in [1.807, 2.05) is 20.2 Å². The molecule has 26 heavy (non-hydrogen) atoms. The summed E-state index contributed by atoms with van der Waals surface area (Å²) in [5, 5.41) is 21.6. The number of hydrogen-bond acceptors (Lipinski definition) is 5. The zero-order chi connectivity index (χ0) is 19.2. The molecule has 0 aromatic carbocycles. The Morgan fingerprint density at radius 2 is 2.12 bits per heavy atom. The monoisotopic (exact) mass is 366 g/mol. The summed E-state index contributed by atoms with van der Waals surface area (Å²) in [4.78, 5) is 6.88. The molecule has 0 aliphatic carbocycles. The average molecular weight is 367 g/mol. The lowest BCUT2D eigenvalue weighted by atomic mass is 9.88. The van der Waals surface area contributed by atoms with Gasteiger partial charge in [0.1, 0.15) is 5.60 Å². The zero-order valence-electron chi connectivity index (χ0n) is 16.7. The number of aliphatic imine (C=N–C) groups is 1. The van der Waals surface area contributed by atoms with E-state index in [0.29, 0.717) is 5.96 Å². The largest absolute Gasteiger partial charge is 0.383 e. The molecule has 1 atom stereocenters. The molecule has 0 amide bonds. The Hall–Kier alpha value is -1.64. The van der Waals surface area contributed by atoms with Crippen LogP contribution >= 0.6 is 0 Å². The maximum atomic E-state index is 10.7. The summed E-state index contributed by atoms with van der Waals surface area (Å²) < 4.78 is 7.21. The van der Waals surface area contributed by atoms with Crippen LogP contribution in [0.5, 0.6) is 0 Å². The molecular weight excluding hydrogens is 332 g/mol. The van der Waals surface area contributed by atoms with Crippen molar-refractivity contribution in [1.29, 1.82) is 0 Å². The molecule has 1 aromatic rings. The second-order valence-electron chi connectivity index (χ2n) is 7.46. The van der Waals surface area contributed by atoms with E-state index in [2.05, 4.69) is 39.7 Å². The van der Waals surface area contributed by atoms with Gasteiger partial charge in [0, 0.05) is 50.7 Å². The Balaban J connectivity index is 2.04. The Morgan fingerprint density at radius 3 is 2.65 bits per heavy atom. The molecule has 148 valence electrons. The standard InChI is InChI=1S/C18H34N6O2/c1-6-19-16(20-13-17(2,25)15-11-22-24(5)12-15)21-14-18(23(3)4)7-9-26-10-8-18/h11-12,25H,6-10,13-14H2,1-5H3,(H2,19,20,21). The Labute approximate surface area is 156 Å². The summed E-state index contributed by atoms with van der Waals surface area (Å²) >= 11 is 0. The lowest BCUT2D eigenvalue weighted by Crippen LogP contribution is -2.57. The van der Waals surface area contributed by atoms with Crippen LogP contribution in [0.1, 0.15) is 32.3 Å². The van der Waals surface area contributed by atoms with Gasteiger partial charge in [-0.05, 0) is 40.8 Å². The van der Waals surface area contributed by atoms with E-state index in [4.69, 9.17) is 4.74 Å². The maximum Gasteiger partial charge on any atom is 0.191 e. The van der Waals surface area contributed by atoms with Gasteiger partial charge in [-0.25, -0.2) is 4.99 Å². The molecule has 0 bridgehead atoms. The van der Waals surface area contributed by atoms with Crippen molar-refractivity contribution in [3.63, 3.8) is 0 Å². The van der Waals surface area contributed by atoms with Crippen molar-refractivity contribution in [3.8, 4) is 0 Å². The predicted molar refractivity (Wildman–Crippen MR) is 103 cm³/mol. The van der Waals surface area contributed by atoms with Gasteiger partial charge < -0.3 is 25.4 Å². The highest BCUT2D eigenvalue weighted by molar-refractivity contribution is 5.79. The molecular formula is C18H34N6O2. The molecule has 8 nitrogen and oxygen atoms in total. The van der Waals surface area contributed by atoms with Crippen molar-refractivity contribution in [2.75, 3.05) is 46.9 Å². The quantitative estimate of drug-likeness (QED) is 0.475. The number of hydrogen-bond donors (Lipinski definition) is 3. The number of likely N-dealkylation sites (N-methyl/N-ethyl adjacent to an activating group) is 1.